The molecule has 164 valence electrons. The van der Waals surface area contributed by atoms with Gasteiger partial charge < -0.3 is 4.74 Å². The van der Waals surface area contributed by atoms with E-state index in [1.807, 2.05) is 0 Å². The fourth-order valence-corrected chi connectivity index (χ4v) is 9.05. The third kappa shape index (κ3) is 3.39. The van der Waals surface area contributed by atoms with Crippen LogP contribution in [0.3, 0.4) is 0 Å². The van der Waals surface area contributed by atoms with Gasteiger partial charge in [0.25, 0.3) is 0 Å². The fraction of sp³-hybridized carbons (Fsp3) is 0.923. The van der Waals surface area contributed by atoms with Gasteiger partial charge in [0.2, 0.25) is 0 Å². The molecule has 0 amide bonds. The normalized spacial score (nSPS) is 47.7. The van der Waals surface area contributed by atoms with Crippen LogP contribution in [-0.4, -0.2) is 18.9 Å². The first kappa shape index (κ1) is 21.4. The summed E-state index contributed by atoms with van der Waals surface area (Å²) in [5, 5.41) is 0. The minimum absolute atomic E-state index is 0.0630. The average molecular weight is 403 g/mol. The number of hydrogen-bond donors (Lipinski definition) is 0. The lowest BCUT2D eigenvalue weighted by Gasteiger charge is -2.62. The van der Waals surface area contributed by atoms with Gasteiger partial charge in [-0.15, -0.1) is 0 Å². The summed E-state index contributed by atoms with van der Waals surface area (Å²) in [6.07, 6.45) is 11.0. The van der Waals surface area contributed by atoms with Crippen molar-refractivity contribution in [2.24, 2.45) is 52.3 Å². The predicted molar refractivity (Wildman–Crippen MR) is 115 cm³/mol. The molecule has 0 aromatic heterocycles. The highest BCUT2D eigenvalue weighted by atomic mass is 16.5. The Labute approximate surface area is 177 Å². The summed E-state index contributed by atoms with van der Waals surface area (Å²) in [6, 6.07) is 0. The van der Waals surface area contributed by atoms with E-state index in [-0.39, 0.29) is 5.97 Å². The monoisotopic (exact) mass is 402 g/mol. The number of esters is 1. The first-order valence-corrected chi connectivity index (χ1v) is 12.3. The second kappa shape index (κ2) is 7.68. The molecule has 0 aromatic carbocycles. The molecule has 9 atom stereocenters. The zero-order valence-corrected chi connectivity index (χ0v) is 19.3. The zero-order chi connectivity index (χ0) is 21.0. The maximum atomic E-state index is 12.2. The van der Waals surface area contributed by atoms with E-state index in [0.29, 0.717) is 34.9 Å². The van der Waals surface area contributed by atoms with E-state index in [4.69, 9.17) is 4.74 Å². The van der Waals surface area contributed by atoms with E-state index < -0.39 is 0 Å². The molecule has 0 saturated heterocycles. The molecule has 0 N–H and O–H groups in total. The molecular formula is C26H42O3. The van der Waals surface area contributed by atoms with Gasteiger partial charge in [0.05, 0.1) is 7.11 Å². The Kier molecular flexibility index (Phi) is 5.66. The molecule has 4 saturated carbocycles. The van der Waals surface area contributed by atoms with Crippen LogP contribution >= 0.6 is 0 Å². The van der Waals surface area contributed by atoms with Crippen LogP contribution in [0.2, 0.25) is 0 Å². The number of carbonyl (C=O) groups excluding carboxylic acids is 2. The lowest BCUT2D eigenvalue weighted by molar-refractivity contribution is -0.151. The lowest BCUT2D eigenvalue weighted by Crippen LogP contribution is -2.56. The summed E-state index contributed by atoms with van der Waals surface area (Å²) in [5.74, 6) is 5.63. The molecule has 0 radical (unpaired) electrons. The summed E-state index contributed by atoms with van der Waals surface area (Å²) in [6.45, 7) is 10.0. The van der Waals surface area contributed by atoms with E-state index in [2.05, 4.69) is 27.7 Å². The fourth-order valence-electron chi connectivity index (χ4n) is 9.05. The smallest absolute Gasteiger partial charge is 0.305 e. The van der Waals surface area contributed by atoms with Crippen LogP contribution in [0.15, 0.2) is 0 Å². The lowest BCUT2D eigenvalue weighted by atomic mass is 9.42. The summed E-state index contributed by atoms with van der Waals surface area (Å²) in [5.41, 5.74) is 0.819. The maximum Gasteiger partial charge on any atom is 0.305 e. The third-order valence-electron chi connectivity index (χ3n) is 10.6. The first-order valence-electron chi connectivity index (χ1n) is 12.3. The summed E-state index contributed by atoms with van der Waals surface area (Å²) in [4.78, 5) is 23.8. The molecule has 0 spiro atoms. The zero-order valence-electron chi connectivity index (χ0n) is 19.3. The molecular weight excluding hydrogens is 360 g/mol. The van der Waals surface area contributed by atoms with Gasteiger partial charge in [0, 0.05) is 19.3 Å². The van der Waals surface area contributed by atoms with Crippen LogP contribution in [0.25, 0.3) is 0 Å². The van der Waals surface area contributed by atoms with Crippen LogP contribution in [0.1, 0.15) is 91.9 Å². The second-order valence-corrected chi connectivity index (χ2v) is 11.8. The van der Waals surface area contributed by atoms with E-state index in [1.54, 1.807) is 0 Å². The number of rotatable bonds is 4. The summed E-state index contributed by atoms with van der Waals surface area (Å²) in [7, 11) is 1.50. The molecule has 4 rings (SSSR count). The Morgan fingerprint density at radius 2 is 1.86 bits per heavy atom. The van der Waals surface area contributed by atoms with Crippen LogP contribution in [-0.2, 0) is 14.3 Å². The van der Waals surface area contributed by atoms with Crippen LogP contribution in [0.5, 0.6) is 0 Å². The molecule has 3 nitrogen and oxygen atoms in total. The highest BCUT2D eigenvalue weighted by Crippen LogP contribution is 2.69. The van der Waals surface area contributed by atoms with Gasteiger partial charge in [-0.2, -0.15) is 0 Å². The third-order valence-corrected chi connectivity index (χ3v) is 10.6. The number of fused-ring (bicyclic) bond motifs is 5. The number of ketones is 1. The molecule has 3 heteroatoms. The molecule has 0 aliphatic heterocycles. The van der Waals surface area contributed by atoms with E-state index >= 15 is 0 Å². The topological polar surface area (TPSA) is 43.4 Å². The molecule has 29 heavy (non-hydrogen) atoms. The predicted octanol–water partition coefficient (Wildman–Crippen LogP) is 6.05. The molecule has 4 aliphatic carbocycles. The Balaban J connectivity index is 1.53. The largest absolute Gasteiger partial charge is 0.469 e. The molecule has 0 bridgehead atoms. The van der Waals surface area contributed by atoms with Crippen molar-refractivity contribution in [2.75, 3.05) is 7.11 Å². The Morgan fingerprint density at radius 3 is 2.59 bits per heavy atom. The molecule has 0 aromatic rings. The van der Waals surface area contributed by atoms with Crippen molar-refractivity contribution < 1.29 is 14.3 Å². The molecule has 4 unspecified atom stereocenters. The van der Waals surface area contributed by atoms with E-state index in [9.17, 15) is 9.59 Å². The van der Waals surface area contributed by atoms with Gasteiger partial charge in [-0.25, -0.2) is 0 Å². The van der Waals surface area contributed by atoms with Gasteiger partial charge in [-0.05, 0) is 97.2 Å². The molecule has 4 aliphatic rings. The highest BCUT2D eigenvalue weighted by molar-refractivity contribution is 5.79. The summed E-state index contributed by atoms with van der Waals surface area (Å²) < 4.78 is 4.89. The van der Waals surface area contributed by atoms with Crippen LogP contribution in [0.4, 0.5) is 0 Å². The standard InChI is InChI=1S/C26H42O3/c1-16(6-9-23(28)29-5)20-7-8-21-24-17(2)14-18-15-19(27)10-12-25(18,3)22(24)11-13-26(20,21)4/h16-18,20-22,24H,6-15H2,1-5H3/t16-,17?,18-,20-,21?,22?,24?,25+,26-/m1/s1. The summed E-state index contributed by atoms with van der Waals surface area (Å²) >= 11 is 0. The SMILES string of the molecule is COC(=O)CC[C@@H](C)[C@H]1CCC2C3C(C)C[C@@H]4CC(=O)CC[C@]4(C)C3CC[C@@]21C. The van der Waals surface area contributed by atoms with Crippen molar-refractivity contribution in [2.45, 2.75) is 91.9 Å². The number of ether oxygens (including phenoxy) is 1. The van der Waals surface area contributed by atoms with Crippen molar-refractivity contribution in [3.63, 3.8) is 0 Å². The quantitative estimate of drug-likeness (QED) is 0.538. The van der Waals surface area contributed by atoms with Crippen molar-refractivity contribution in [1.29, 1.82) is 0 Å². The van der Waals surface area contributed by atoms with Crippen LogP contribution < -0.4 is 0 Å². The highest BCUT2D eigenvalue weighted by Gasteiger charge is 2.62. The average Bonchev–Trinajstić information content (AvgIpc) is 3.04. The van der Waals surface area contributed by atoms with Gasteiger partial charge in [-0.3, -0.25) is 9.59 Å². The van der Waals surface area contributed by atoms with Crippen LogP contribution in [0, 0.1) is 52.3 Å². The van der Waals surface area contributed by atoms with Gasteiger partial charge in [0.15, 0.2) is 0 Å². The van der Waals surface area contributed by atoms with Gasteiger partial charge in [0.1, 0.15) is 5.78 Å². The minimum Gasteiger partial charge on any atom is -0.469 e. The Morgan fingerprint density at radius 1 is 1.14 bits per heavy atom. The van der Waals surface area contributed by atoms with Crippen molar-refractivity contribution >= 4 is 11.8 Å². The van der Waals surface area contributed by atoms with E-state index in [1.165, 1.54) is 39.2 Å². The van der Waals surface area contributed by atoms with Crippen molar-refractivity contribution in [3.05, 3.63) is 0 Å². The number of hydrogen-bond acceptors (Lipinski definition) is 3. The number of carbonyl (C=O) groups is 2. The Bertz CT molecular complexity index is 656. The maximum absolute atomic E-state index is 12.2. The minimum atomic E-state index is -0.0630. The second-order valence-electron chi connectivity index (χ2n) is 11.8. The number of methoxy groups -OCH3 is 1. The van der Waals surface area contributed by atoms with Gasteiger partial charge in [-0.1, -0.05) is 27.7 Å². The first-order chi connectivity index (χ1) is 13.7. The molecule has 4 fully saturated rings. The number of Topliss-reactive ketones (excluding diaryl/α,β-unsaturated/α-hetero) is 1. The van der Waals surface area contributed by atoms with Gasteiger partial charge >= 0.3 is 5.97 Å². The van der Waals surface area contributed by atoms with Crippen molar-refractivity contribution in [1.82, 2.24) is 0 Å². The van der Waals surface area contributed by atoms with Crippen molar-refractivity contribution in [3.8, 4) is 0 Å². The Hall–Kier alpha value is -0.860. The molecule has 0 heterocycles. The van der Waals surface area contributed by atoms with E-state index in [0.717, 1.165) is 55.3 Å².